The molecule has 102 valence electrons. The topological polar surface area (TPSA) is 0 Å². The molecule has 1 aliphatic carbocycles. The third-order valence-electron chi connectivity index (χ3n) is 5.05. The molecule has 0 N–H and O–H groups in total. The molecule has 0 aliphatic heterocycles. The number of halogens is 1. The maximum absolute atomic E-state index is 13.3. The van der Waals surface area contributed by atoms with Crippen molar-refractivity contribution in [3.8, 4) is 0 Å². The van der Waals surface area contributed by atoms with Crippen LogP contribution in [0, 0.1) is 10.8 Å². The molecule has 1 atom stereocenters. The van der Waals surface area contributed by atoms with Crippen LogP contribution in [0.3, 0.4) is 0 Å². The highest BCUT2D eigenvalue weighted by molar-refractivity contribution is 5.04. The van der Waals surface area contributed by atoms with Crippen LogP contribution >= 0.6 is 0 Å². The summed E-state index contributed by atoms with van der Waals surface area (Å²) in [5.74, 6) is 0. The second kappa shape index (κ2) is 6.75. The zero-order valence-corrected chi connectivity index (χ0v) is 12.2. The lowest BCUT2D eigenvalue weighted by atomic mass is 9.68. The van der Waals surface area contributed by atoms with Gasteiger partial charge in [0.25, 0.3) is 0 Å². The molecule has 1 fully saturated rings. The second-order valence-electron chi connectivity index (χ2n) is 6.39. The zero-order valence-electron chi connectivity index (χ0n) is 12.2. The van der Waals surface area contributed by atoms with Gasteiger partial charge in [0.1, 0.15) is 0 Å². The molecule has 0 bridgehead atoms. The summed E-state index contributed by atoms with van der Waals surface area (Å²) in [6.45, 7) is 6.77. The van der Waals surface area contributed by atoms with Gasteiger partial charge in [-0.25, -0.2) is 0 Å². The third-order valence-corrected chi connectivity index (χ3v) is 5.05. The first kappa shape index (κ1) is 15.0. The molecule has 0 aromatic carbocycles. The van der Waals surface area contributed by atoms with Gasteiger partial charge in [-0.2, -0.15) is 0 Å². The fraction of sp³-hybridized carbons (Fsp3) is 1.00. The molecule has 0 spiro atoms. The Morgan fingerprint density at radius 3 is 2.00 bits per heavy atom. The van der Waals surface area contributed by atoms with Crippen LogP contribution in [0.4, 0.5) is 4.39 Å². The smallest absolute Gasteiger partial charge is 0.0955 e. The first-order chi connectivity index (χ1) is 8.14. The summed E-state index contributed by atoms with van der Waals surface area (Å²) >= 11 is 0. The van der Waals surface area contributed by atoms with Gasteiger partial charge in [-0.15, -0.1) is 0 Å². The summed E-state index contributed by atoms with van der Waals surface area (Å²) in [5.41, 5.74) is 0.361. The average molecular weight is 242 g/mol. The Labute approximate surface area is 107 Å². The summed E-state index contributed by atoms with van der Waals surface area (Å²) in [6, 6.07) is 0. The van der Waals surface area contributed by atoms with E-state index in [2.05, 4.69) is 20.8 Å². The van der Waals surface area contributed by atoms with Gasteiger partial charge in [0.05, 0.1) is 6.67 Å². The number of rotatable bonds is 10. The fourth-order valence-corrected chi connectivity index (χ4v) is 3.21. The Balaban J connectivity index is 2.47. The first-order valence-corrected chi connectivity index (χ1v) is 7.70. The van der Waals surface area contributed by atoms with E-state index >= 15 is 0 Å². The molecule has 0 aromatic heterocycles. The van der Waals surface area contributed by atoms with Crippen LogP contribution in [0.2, 0.25) is 0 Å². The molecule has 0 saturated heterocycles. The van der Waals surface area contributed by atoms with Gasteiger partial charge in [0, 0.05) is 5.41 Å². The number of hydrogen-bond donors (Lipinski definition) is 0. The standard InChI is InChI=1S/C16H31F/c1-4-6-8-9-11-15(3,10-7-5-2)16(14-17)12-13-16/h4-14H2,1-3H3. The van der Waals surface area contributed by atoms with Gasteiger partial charge < -0.3 is 0 Å². The molecule has 0 nitrogen and oxygen atoms in total. The Morgan fingerprint density at radius 2 is 1.53 bits per heavy atom. The van der Waals surface area contributed by atoms with Crippen molar-refractivity contribution in [2.45, 2.75) is 85.0 Å². The minimum absolute atomic E-state index is 0.0778. The van der Waals surface area contributed by atoms with Crippen molar-refractivity contribution in [2.75, 3.05) is 6.67 Å². The van der Waals surface area contributed by atoms with Gasteiger partial charge in [0.15, 0.2) is 0 Å². The second-order valence-corrected chi connectivity index (χ2v) is 6.39. The molecular formula is C16H31F. The van der Waals surface area contributed by atoms with E-state index in [-0.39, 0.29) is 17.5 Å². The van der Waals surface area contributed by atoms with Crippen molar-refractivity contribution in [2.24, 2.45) is 10.8 Å². The van der Waals surface area contributed by atoms with Gasteiger partial charge in [-0.1, -0.05) is 59.3 Å². The monoisotopic (exact) mass is 242 g/mol. The molecule has 0 amide bonds. The number of hydrogen-bond acceptors (Lipinski definition) is 0. The van der Waals surface area contributed by atoms with Crippen molar-refractivity contribution in [3.63, 3.8) is 0 Å². The van der Waals surface area contributed by atoms with Gasteiger partial charge in [0.2, 0.25) is 0 Å². The highest BCUT2D eigenvalue weighted by atomic mass is 19.1. The highest BCUT2D eigenvalue weighted by Crippen LogP contribution is 2.62. The normalized spacial score (nSPS) is 21.2. The van der Waals surface area contributed by atoms with E-state index in [1.54, 1.807) is 0 Å². The molecule has 17 heavy (non-hydrogen) atoms. The van der Waals surface area contributed by atoms with Gasteiger partial charge in [-0.05, 0) is 31.1 Å². The first-order valence-electron chi connectivity index (χ1n) is 7.70. The van der Waals surface area contributed by atoms with Gasteiger partial charge in [-0.3, -0.25) is 4.39 Å². The Kier molecular flexibility index (Phi) is 5.95. The van der Waals surface area contributed by atoms with E-state index in [1.165, 1.54) is 51.4 Å². The highest BCUT2D eigenvalue weighted by Gasteiger charge is 2.55. The van der Waals surface area contributed by atoms with Crippen LogP contribution in [-0.2, 0) is 0 Å². The Bertz CT molecular complexity index is 208. The Morgan fingerprint density at radius 1 is 0.941 bits per heavy atom. The molecule has 1 rings (SSSR count). The van der Waals surface area contributed by atoms with E-state index in [1.807, 2.05) is 0 Å². The summed E-state index contributed by atoms with van der Waals surface area (Å²) < 4.78 is 13.3. The van der Waals surface area contributed by atoms with E-state index < -0.39 is 0 Å². The third kappa shape index (κ3) is 3.69. The molecule has 1 aliphatic rings. The minimum Gasteiger partial charge on any atom is -0.250 e. The van der Waals surface area contributed by atoms with Crippen LogP contribution in [-0.4, -0.2) is 6.67 Å². The van der Waals surface area contributed by atoms with Crippen molar-refractivity contribution in [1.82, 2.24) is 0 Å². The summed E-state index contributed by atoms with van der Waals surface area (Å²) in [7, 11) is 0. The summed E-state index contributed by atoms with van der Waals surface area (Å²) in [5, 5.41) is 0. The van der Waals surface area contributed by atoms with Gasteiger partial charge >= 0.3 is 0 Å². The van der Waals surface area contributed by atoms with Crippen molar-refractivity contribution in [1.29, 1.82) is 0 Å². The summed E-state index contributed by atoms with van der Waals surface area (Å²) in [6.07, 6.45) is 12.5. The molecule has 0 radical (unpaired) electrons. The van der Waals surface area contributed by atoms with Crippen LogP contribution in [0.1, 0.15) is 85.0 Å². The van der Waals surface area contributed by atoms with Crippen LogP contribution in [0.5, 0.6) is 0 Å². The lowest BCUT2D eigenvalue weighted by Gasteiger charge is -2.37. The largest absolute Gasteiger partial charge is 0.250 e. The Hall–Kier alpha value is -0.0700. The van der Waals surface area contributed by atoms with Crippen LogP contribution in [0.15, 0.2) is 0 Å². The lowest BCUT2D eigenvalue weighted by Crippen LogP contribution is -2.31. The molecule has 1 saturated carbocycles. The predicted molar refractivity (Wildman–Crippen MR) is 74.0 cm³/mol. The van der Waals surface area contributed by atoms with E-state index in [4.69, 9.17) is 0 Å². The SMILES string of the molecule is CCCCCCC(C)(CCCC)C1(CF)CC1. The van der Waals surface area contributed by atoms with Crippen molar-refractivity contribution >= 4 is 0 Å². The molecule has 1 unspecified atom stereocenters. The van der Waals surface area contributed by atoms with E-state index in [0.29, 0.717) is 0 Å². The van der Waals surface area contributed by atoms with Crippen LogP contribution < -0.4 is 0 Å². The van der Waals surface area contributed by atoms with E-state index in [0.717, 1.165) is 12.8 Å². The van der Waals surface area contributed by atoms with Crippen molar-refractivity contribution in [3.05, 3.63) is 0 Å². The maximum atomic E-state index is 13.3. The lowest BCUT2D eigenvalue weighted by molar-refractivity contribution is 0.0936. The number of unbranched alkanes of at least 4 members (excludes halogenated alkanes) is 4. The molecule has 0 heterocycles. The number of alkyl halides is 1. The molecular weight excluding hydrogens is 211 g/mol. The predicted octanol–water partition coefficient (Wildman–Crippen LogP) is 5.90. The quantitative estimate of drug-likeness (QED) is 0.418. The average Bonchev–Trinajstić information content (AvgIpc) is 3.13. The van der Waals surface area contributed by atoms with Crippen molar-refractivity contribution < 1.29 is 4.39 Å². The maximum Gasteiger partial charge on any atom is 0.0955 e. The van der Waals surface area contributed by atoms with E-state index in [9.17, 15) is 4.39 Å². The summed E-state index contributed by atoms with van der Waals surface area (Å²) in [4.78, 5) is 0. The minimum atomic E-state index is -0.0823. The molecule has 0 aromatic rings. The fourth-order valence-electron chi connectivity index (χ4n) is 3.21. The van der Waals surface area contributed by atoms with Crippen LogP contribution in [0.25, 0.3) is 0 Å². The zero-order chi connectivity index (χ0) is 12.8. The molecule has 1 heteroatoms.